The topological polar surface area (TPSA) is 75.3 Å². The summed E-state index contributed by atoms with van der Waals surface area (Å²) in [6, 6.07) is 6.80. The van der Waals surface area contributed by atoms with Gasteiger partial charge in [-0.2, -0.15) is 0 Å². The molecule has 0 aliphatic carbocycles. The van der Waals surface area contributed by atoms with Crippen molar-refractivity contribution in [2.75, 3.05) is 11.1 Å². The Hall–Kier alpha value is -2.01. The number of aryl methyl sites for hydroxylation is 2. The molecule has 0 saturated carbocycles. The van der Waals surface area contributed by atoms with Crippen LogP contribution in [0.15, 0.2) is 24.3 Å². The zero-order valence-electron chi connectivity index (χ0n) is 10.9. The lowest BCUT2D eigenvalue weighted by atomic mass is 10.1. The second-order valence-electron chi connectivity index (χ2n) is 4.41. The van der Waals surface area contributed by atoms with E-state index in [2.05, 4.69) is 25.2 Å². The first-order valence-corrected chi connectivity index (χ1v) is 6.71. The molecule has 5 heteroatoms. The Kier molecular flexibility index (Phi) is 3.76. The summed E-state index contributed by atoms with van der Waals surface area (Å²) in [6.07, 6.45) is 0. The van der Waals surface area contributed by atoms with Gasteiger partial charge in [0.1, 0.15) is 0 Å². The molecule has 1 heterocycles. The number of hydrogen-bond acceptors (Lipinski definition) is 4. The van der Waals surface area contributed by atoms with Crippen LogP contribution < -0.4 is 11.1 Å². The maximum Gasteiger partial charge on any atom is 0.335 e. The monoisotopic (exact) mass is 276 g/mol. The molecule has 0 aliphatic heterocycles. The van der Waals surface area contributed by atoms with E-state index in [0.717, 1.165) is 0 Å². The van der Waals surface area contributed by atoms with Crippen LogP contribution in [0.4, 0.5) is 11.4 Å². The number of carbonyl (C=O) groups is 1. The van der Waals surface area contributed by atoms with Gasteiger partial charge in [0.25, 0.3) is 0 Å². The normalized spacial score (nSPS) is 10.4. The molecule has 0 fully saturated rings. The highest BCUT2D eigenvalue weighted by Crippen LogP contribution is 2.24. The Balaban J connectivity index is 2.14. The van der Waals surface area contributed by atoms with Gasteiger partial charge in [-0.05, 0) is 43.7 Å². The molecule has 19 heavy (non-hydrogen) atoms. The smallest absolute Gasteiger partial charge is 0.335 e. The van der Waals surface area contributed by atoms with E-state index in [0.29, 0.717) is 17.9 Å². The minimum absolute atomic E-state index is 0.232. The zero-order valence-corrected chi connectivity index (χ0v) is 11.7. The van der Waals surface area contributed by atoms with E-state index in [1.165, 1.54) is 21.4 Å². The van der Waals surface area contributed by atoms with Crippen LogP contribution >= 0.6 is 11.3 Å². The van der Waals surface area contributed by atoms with E-state index in [1.807, 2.05) is 0 Å². The lowest BCUT2D eigenvalue weighted by molar-refractivity contribution is 0.0697. The van der Waals surface area contributed by atoms with Crippen molar-refractivity contribution in [3.05, 3.63) is 45.1 Å². The molecule has 0 amide bonds. The van der Waals surface area contributed by atoms with Crippen molar-refractivity contribution in [3.8, 4) is 0 Å². The molecule has 0 spiro atoms. The number of benzene rings is 1. The third-order valence-corrected chi connectivity index (χ3v) is 4.12. The van der Waals surface area contributed by atoms with Crippen molar-refractivity contribution in [3.63, 3.8) is 0 Å². The Morgan fingerprint density at radius 1 is 1.37 bits per heavy atom. The lowest BCUT2D eigenvalue weighted by Gasteiger charge is -2.09. The van der Waals surface area contributed by atoms with Gasteiger partial charge < -0.3 is 16.2 Å². The number of nitrogens with one attached hydrogen (secondary N) is 1. The van der Waals surface area contributed by atoms with Gasteiger partial charge >= 0.3 is 5.97 Å². The summed E-state index contributed by atoms with van der Waals surface area (Å²) in [4.78, 5) is 13.4. The molecular formula is C14H16N2O2S. The summed E-state index contributed by atoms with van der Waals surface area (Å²) in [6.45, 7) is 4.81. The molecule has 0 bridgehead atoms. The summed E-state index contributed by atoms with van der Waals surface area (Å²) in [7, 11) is 0. The minimum Gasteiger partial charge on any atom is -0.478 e. The van der Waals surface area contributed by atoms with Crippen LogP contribution in [0, 0.1) is 13.8 Å². The van der Waals surface area contributed by atoms with Crippen molar-refractivity contribution in [2.24, 2.45) is 0 Å². The number of carboxylic acid groups (broad SMARTS) is 1. The lowest BCUT2D eigenvalue weighted by Crippen LogP contribution is -2.04. The van der Waals surface area contributed by atoms with E-state index < -0.39 is 5.97 Å². The number of aromatic carboxylic acids is 1. The SMILES string of the molecule is Cc1cc(CNc2cc(C(=O)O)ccc2N)sc1C. The molecule has 2 aromatic rings. The van der Waals surface area contributed by atoms with E-state index in [9.17, 15) is 4.79 Å². The fourth-order valence-electron chi connectivity index (χ4n) is 1.76. The third-order valence-electron chi connectivity index (χ3n) is 2.97. The molecule has 0 saturated heterocycles. The molecule has 4 N–H and O–H groups in total. The second kappa shape index (κ2) is 5.32. The van der Waals surface area contributed by atoms with Gasteiger partial charge in [-0.1, -0.05) is 0 Å². The highest BCUT2D eigenvalue weighted by Gasteiger charge is 2.07. The van der Waals surface area contributed by atoms with Crippen LogP contribution in [0.1, 0.15) is 25.7 Å². The van der Waals surface area contributed by atoms with Crippen LogP contribution in [0.3, 0.4) is 0 Å². The molecule has 0 aliphatic rings. The molecule has 4 nitrogen and oxygen atoms in total. The Morgan fingerprint density at radius 3 is 2.68 bits per heavy atom. The number of nitrogen functional groups attached to an aromatic ring is 1. The molecule has 0 radical (unpaired) electrons. The first-order valence-electron chi connectivity index (χ1n) is 5.90. The Labute approximate surface area is 115 Å². The van der Waals surface area contributed by atoms with Gasteiger partial charge in [-0.3, -0.25) is 0 Å². The van der Waals surface area contributed by atoms with Gasteiger partial charge in [0.15, 0.2) is 0 Å². The minimum atomic E-state index is -0.953. The average molecular weight is 276 g/mol. The molecule has 0 unspecified atom stereocenters. The number of nitrogens with two attached hydrogens (primary N) is 1. The van der Waals surface area contributed by atoms with Gasteiger partial charge in [0, 0.05) is 16.3 Å². The predicted octanol–water partition coefficient (Wildman–Crippen LogP) is 3.26. The molecule has 1 aromatic carbocycles. The number of thiophene rings is 1. The molecule has 1 aromatic heterocycles. The largest absolute Gasteiger partial charge is 0.478 e. The summed E-state index contributed by atoms with van der Waals surface area (Å²) in [5.41, 5.74) is 8.55. The van der Waals surface area contributed by atoms with E-state index in [-0.39, 0.29) is 5.56 Å². The fourth-order valence-corrected chi connectivity index (χ4v) is 2.75. The number of anilines is 2. The second-order valence-corrected chi connectivity index (χ2v) is 5.75. The average Bonchev–Trinajstić information content (AvgIpc) is 2.67. The van der Waals surface area contributed by atoms with Crippen molar-refractivity contribution >= 4 is 28.7 Å². The van der Waals surface area contributed by atoms with E-state index in [4.69, 9.17) is 10.8 Å². The Bertz CT molecular complexity index is 600. The van der Waals surface area contributed by atoms with Gasteiger partial charge in [0.2, 0.25) is 0 Å². The maximum atomic E-state index is 10.9. The highest BCUT2D eigenvalue weighted by molar-refractivity contribution is 7.12. The molecule has 2 rings (SSSR count). The van der Waals surface area contributed by atoms with Gasteiger partial charge in [-0.25, -0.2) is 4.79 Å². The van der Waals surface area contributed by atoms with E-state index in [1.54, 1.807) is 23.5 Å². The summed E-state index contributed by atoms with van der Waals surface area (Å²) in [5.74, 6) is -0.953. The van der Waals surface area contributed by atoms with Gasteiger partial charge in [-0.15, -0.1) is 11.3 Å². The Morgan fingerprint density at radius 2 is 2.11 bits per heavy atom. The van der Waals surface area contributed by atoms with Crippen LogP contribution in [0.5, 0.6) is 0 Å². The molecule has 100 valence electrons. The fraction of sp³-hybridized carbons (Fsp3) is 0.214. The number of hydrogen-bond donors (Lipinski definition) is 3. The van der Waals surface area contributed by atoms with Crippen molar-refractivity contribution in [1.29, 1.82) is 0 Å². The van der Waals surface area contributed by atoms with Crippen LogP contribution in [-0.2, 0) is 6.54 Å². The first-order chi connectivity index (χ1) is 8.97. The summed E-state index contributed by atoms with van der Waals surface area (Å²) < 4.78 is 0. The molecule has 0 atom stereocenters. The number of carboxylic acids is 1. The van der Waals surface area contributed by atoms with E-state index >= 15 is 0 Å². The molecular weight excluding hydrogens is 260 g/mol. The summed E-state index contributed by atoms with van der Waals surface area (Å²) >= 11 is 1.73. The predicted molar refractivity (Wildman–Crippen MR) is 78.9 cm³/mol. The summed E-state index contributed by atoms with van der Waals surface area (Å²) in [5, 5.41) is 12.1. The number of rotatable bonds is 4. The van der Waals surface area contributed by atoms with Crippen LogP contribution in [0.2, 0.25) is 0 Å². The quantitative estimate of drug-likeness (QED) is 0.749. The van der Waals surface area contributed by atoms with Crippen LogP contribution in [0.25, 0.3) is 0 Å². The zero-order chi connectivity index (χ0) is 14.0. The van der Waals surface area contributed by atoms with Crippen molar-refractivity contribution in [2.45, 2.75) is 20.4 Å². The van der Waals surface area contributed by atoms with Crippen LogP contribution in [-0.4, -0.2) is 11.1 Å². The standard InChI is InChI=1S/C14H16N2O2S/c1-8-5-11(19-9(8)2)7-16-13-6-10(14(17)18)3-4-12(13)15/h3-6,16H,7,15H2,1-2H3,(H,17,18). The highest BCUT2D eigenvalue weighted by atomic mass is 32.1. The van der Waals surface area contributed by atoms with Crippen molar-refractivity contribution < 1.29 is 9.90 Å². The maximum absolute atomic E-state index is 10.9. The first kappa shape index (κ1) is 13.4. The van der Waals surface area contributed by atoms with Gasteiger partial charge in [0.05, 0.1) is 16.9 Å². The third kappa shape index (κ3) is 3.06. The van der Waals surface area contributed by atoms with Crippen molar-refractivity contribution in [1.82, 2.24) is 0 Å².